The lowest BCUT2D eigenvalue weighted by molar-refractivity contribution is 0.221. The van der Waals surface area contributed by atoms with Crippen molar-refractivity contribution in [1.29, 1.82) is 0 Å². The van der Waals surface area contributed by atoms with Gasteiger partial charge in [0.25, 0.3) is 0 Å². The lowest BCUT2D eigenvalue weighted by atomic mass is 10.1. The first-order valence-electron chi connectivity index (χ1n) is 8.80. The molecule has 138 valence electrons. The molecule has 0 saturated carbocycles. The van der Waals surface area contributed by atoms with Crippen LogP contribution in [0, 0.1) is 12.7 Å². The van der Waals surface area contributed by atoms with E-state index in [4.69, 9.17) is 4.42 Å². The van der Waals surface area contributed by atoms with E-state index in [0.717, 1.165) is 17.5 Å². The van der Waals surface area contributed by atoms with Gasteiger partial charge in [0, 0.05) is 24.3 Å². The van der Waals surface area contributed by atoms with Crippen LogP contribution in [0.3, 0.4) is 0 Å². The van der Waals surface area contributed by atoms with E-state index >= 15 is 0 Å². The summed E-state index contributed by atoms with van der Waals surface area (Å²) in [5.74, 6) is 0.701. The van der Waals surface area contributed by atoms with Crippen LogP contribution in [0.15, 0.2) is 52.9 Å². The molecular formula is C20H19FN4O2. The minimum Gasteiger partial charge on any atom is -0.420 e. The van der Waals surface area contributed by atoms with Crippen molar-refractivity contribution in [3.05, 3.63) is 65.8 Å². The van der Waals surface area contributed by atoms with Crippen molar-refractivity contribution < 1.29 is 13.6 Å². The highest BCUT2D eigenvalue weighted by molar-refractivity contribution is 5.89. The van der Waals surface area contributed by atoms with Gasteiger partial charge in [0.15, 0.2) is 0 Å². The molecule has 1 saturated heterocycles. The number of aryl methyl sites for hydroxylation is 1. The lowest BCUT2D eigenvalue weighted by Crippen LogP contribution is -2.32. The predicted octanol–water partition coefficient (Wildman–Crippen LogP) is 4.21. The Hall–Kier alpha value is -3.22. The van der Waals surface area contributed by atoms with Crippen LogP contribution in [0.1, 0.15) is 23.8 Å². The van der Waals surface area contributed by atoms with Crippen LogP contribution in [0.2, 0.25) is 0 Å². The number of likely N-dealkylation sites (tertiary alicyclic amines) is 1. The summed E-state index contributed by atoms with van der Waals surface area (Å²) in [6.07, 6.45) is 0.756. The average molecular weight is 366 g/mol. The van der Waals surface area contributed by atoms with Crippen LogP contribution in [0.5, 0.6) is 0 Å². The Morgan fingerprint density at radius 2 is 1.89 bits per heavy atom. The summed E-state index contributed by atoms with van der Waals surface area (Å²) in [4.78, 5) is 14.1. The predicted molar refractivity (Wildman–Crippen MR) is 98.8 cm³/mol. The molecule has 0 spiro atoms. The normalized spacial score (nSPS) is 16.5. The van der Waals surface area contributed by atoms with Gasteiger partial charge in [-0.3, -0.25) is 0 Å². The Kier molecular flexibility index (Phi) is 4.58. The first-order chi connectivity index (χ1) is 13.1. The van der Waals surface area contributed by atoms with Crippen LogP contribution in [0.25, 0.3) is 11.5 Å². The Morgan fingerprint density at radius 3 is 2.63 bits per heavy atom. The van der Waals surface area contributed by atoms with Gasteiger partial charge in [0.2, 0.25) is 11.8 Å². The Morgan fingerprint density at radius 1 is 1.15 bits per heavy atom. The molecule has 0 bridgehead atoms. The number of urea groups is 1. The molecule has 2 aromatic carbocycles. The Bertz CT molecular complexity index is 937. The zero-order valence-electron chi connectivity index (χ0n) is 14.9. The smallest absolute Gasteiger partial charge is 0.321 e. The van der Waals surface area contributed by atoms with Gasteiger partial charge in [0.1, 0.15) is 5.82 Å². The third kappa shape index (κ3) is 3.81. The van der Waals surface area contributed by atoms with Crippen molar-refractivity contribution in [3.8, 4) is 11.5 Å². The number of benzene rings is 2. The van der Waals surface area contributed by atoms with Gasteiger partial charge in [-0.05, 0) is 49.7 Å². The molecule has 1 fully saturated rings. The van der Waals surface area contributed by atoms with E-state index in [1.165, 1.54) is 24.3 Å². The lowest BCUT2D eigenvalue weighted by Gasteiger charge is -2.16. The summed E-state index contributed by atoms with van der Waals surface area (Å²) in [7, 11) is 0. The van der Waals surface area contributed by atoms with Gasteiger partial charge in [-0.2, -0.15) is 0 Å². The second-order valence-electron chi connectivity index (χ2n) is 6.68. The average Bonchev–Trinajstić information content (AvgIpc) is 3.33. The van der Waals surface area contributed by atoms with Crippen molar-refractivity contribution in [2.24, 2.45) is 0 Å². The SMILES string of the molecule is Cc1ccc(-c2nnc([C@H]3CCN(C(=O)Nc4ccc(F)cc4)C3)o2)cc1. The zero-order chi connectivity index (χ0) is 18.8. The highest BCUT2D eigenvalue weighted by Gasteiger charge is 2.31. The van der Waals surface area contributed by atoms with Crippen molar-refractivity contribution in [2.75, 3.05) is 18.4 Å². The molecule has 27 heavy (non-hydrogen) atoms. The number of hydrogen-bond acceptors (Lipinski definition) is 4. The summed E-state index contributed by atoms with van der Waals surface area (Å²) < 4.78 is 18.8. The van der Waals surface area contributed by atoms with Gasteiger partial charge in [-0.1, -0.05) is 17.7 Å². The molecule has 0 aliphatic carbocycles. The van der Waals surface area contributed by atoms with Gasteiger partial charge in [0.05, 0.1) is 5.92 Å². The second kappa shape index (κ2) is 7.19. The fraction of sp³-hybridized carbons (Fsp3) is 0.250. The van der Waals surface area contributed by atoms with E-state index in [1.807, 2.05) is 31.2 Å². The molecule has 1 atom stereocenters. The van der Waals surface area contributed by atoms with Crippen LogP contribution in [-0.4, -0.2) is 34.2 Å². The topological polar surface area (TPSA) is 71.3 Å². The molecule has 2 heterocycles. The van der Waals surface area contributed by atoms with Gasteiger partial charge in [-0.15, -0.1) is 10.2 Å². The Labute approximate surface area is 156 Å². The third-order valence-electron chi connectivity index (χ3n) is 4.66. The number of carbonyl (C=O) groups excluding carboxylic acids is 1. The van der Waals surface area contributed by atoms with E-state index in [9.17, 15) is 9.18 Å². The molecule has 4 rings (SSSR count). The van der Waals surface area contributed by atoms with E-state index in [1.54, 1.807) is 4.90 Å². The highest BCUT2D eigenvalue weighted by Crippen LogP contribution is 2.29. The van der Waals surface area contributed by atoms with Crippen molar-refractivity contribution in [1.82, 2.24) is 15.1 Å². The molecule has 1 N–H and O–H groups in total. The molecular weight excluding hydrogens is 347 g/mol. The number of hydrogen-bond donors (Lipinski definition) is 1. The van der Waals surface area contributed by atoms with E-state index in [-0.39, 0.29) is 17.8 Å². The summed E-state index contributed by atoms with van der Waals surface area (Å²) in [5, 5.41) is 11.1. The van der Waals surface area contributed by atoms with Crippen LogP contribution in [0.4, 0.5) is 14.9 Å². The zero-order valence-corrected chi connectivity index (χ0v) is 14.9. The number of halogens is 1. The molecule has 1 aliphatic rings. The molecule has 0 radical (unpaired) electrons. The van der Waals surface area contributed by atoms with E-state index in [0.29, 0.717) is 30.6 Å². The number of amides is 2. The number of rotatable bonds is 3. The quantitative estimate of drug-likeness (QED) is 0.754. The fourth-order valence-corrected chi connectivity index (χ4v) is 3.09. The maximum absolute atomic E-state index is 13.0. The third-order valence-corrected chi connectivity index (χ3v) is 4.66. The minimum absolute atomic E-state index is 0.00988. The van der Waals surface area contributed by atoms with E-state index < -0.39 is 0 Å². The van der Waals surface area contributed by atoms with Crippen LogP contribution < -0.4 is 5.32 Å². The Balaban J connectivity index is 1.40. The fourth-order valence-electron chi connectivity index (χ4n) is 3.09. The van der Waals surface area contributed by atoms with Crippen LogP contribution >= 0.6 is 0 Å². The number of anilines is 1. The first kappa shape index (κ1) is 17.2. The van der Waals surface area contributed by atoms with Gasteiger partial charge >= 0.3 is 6.03 Å². The maximum atomic E-state index is 13.0. The molecule has 1 aliphatic heterocycles. The van der Waals surface area contributed by atoms with Crippen molar-refractivity contribution in [3.63, 3.8) is 0 Å². The van der Waals surface area contributed by atoms with E-state index in [2.05, 4.69) is 15.5 Å². The number of nitrogens with one attached hydrogen (secondary N) is 1. The minimum atomic E-state index is -0.338. The number of nitrogens with zero attached hydrogens (tertiary/aromatic N) is 3. The molecule has 1 aromatic heterocycles. The number of carbonyl (C=O) groups is 1. The second-order valence-corrected chi connectivity index (χ2v) is 6.68. The molecule has 7 heteroatoms. The largest absolute Gasteiger partial charge is 0.420 e. The monoisotopic (exact) mass is 366 g/mol. The standard InChI is InChI=1S/C20H19FN4O2/c1-13-2-4-14(5-3-13)18-23-24-19(27-18)15-10-11-25(12-15)20(26)22-17-8-6-16(21)7-9-17/h2-9,15H,10-12H2,1H3,(H,22,26)/t15-/m0/s1. The maximum Gasteiger partial charge on any atom is 0.321 e. The van der Waals surface area contributed by atoms with Crippen molar-refractivity contribution >= 4 is 11.7 Å². The summed E-state index contributed by atoms with van der Waals surface area (Å²) >= 11 is 0. The number of aromatic nitrogens is 2. The summed E-state index contributed by atoms with van der Waals surface area (Å²) in [6.45, 7) is 3.12. The molecule has 3 aromatic rings. The highest BCUT2D eigenvalue weighted by atomic mass is 19.1. The molecule has 0 unspecified atom stereocenters. The van der Waals surface area contributed by atoms with Gasteiger partial charge < -0.3 is 14.6 Å². The van der Waals surface area contributed by atoms with Crippen LogP contribution in [-0.2, 0) is 0 Å². The summed E-state index contributed by atoms with van der Waals surface area (Å²) in [6, 6.07) is 13.4. The molecule has 2 amide bonds. The van der Waals surface area contributed by atoms with Gasteiger partial charge in [-0.25, -0.2) is 9.18 Å². The van der Waals surface area contributed by atoms with Crippen molar-refractivity contribution in [2.45, 2.75) is 19.3 Å². The first-order valence-corrected chi connectivity index (χ1v) is 8.80. The summed E-state index contributed by atoms with van der Waals surface area (Å²) in [5.41, 5.74) is 2.60. The molecule has 6 nitrogen and oxygen atoms in total.